The van der Waals surface area contributed by atoms with Gasteiger partial charge in [-0.05, 0) is 54.8 Å². The molecule has 6 nitrogen and oxygen atoms in total. The number of rotatable bonds is 13. The molecule has 0 radical (unpaired) electrons. The second-order valence-electron chi connectivity index (χ2n) is 7.06. The van der Waals surface area contributed by atoms with E-state index in [1.54, 1.807) is 14.0 Å². The van der Waals surface area contributed by atoms with Crippen molar-refractivity contribution in [1.82, 2.24) is 0 Å². The minimum atomic E-state index is -0.437. The van der Waals surface area contributed by atoms with Crippen LogP contribution in [0.15, 0.2) is 79.1 Å². The van der Waals surface area contributed by atoms with Gasteiger partial charge in [0.25, 0.3) is 0 Å². The molecule has 0 saturated heterocycles. The van der Waals surface area contributed by atoms with Crippen molar-refractivity contribution in [3.05, 3.63) is 79.1 Å². The van der Waals surface area contributed by atoms with E-state index >= 15 is 0 Å². The lowest BCUT2D eigenvalue weighted by molar-refractivity contribution is -0.139. The second-order valence-corrected chi connectivity index (χ2v) is 7.06. The van der Waals surface area contributed by atoms with Crippen LogP contribution >= 0.6 is 0 Å². The molecule has 32 heavy (non-hydrogen) atoms. The first kappa shape index (κ1) is 24.6. The van der Waals surface area contributed by atoms with Crippen LogP contribution in [0.2, 0.25) is 0 Å². The molecule has 6 heteroatoms. The minimum absolute atomic E-state index is 0.129. The highest BCUT2D eigenvalue weighted by molar-refractivity contribution is 5.86. The summed E-state index contributed by atoms with van der Waals surface area (Å²) < 4.78 is 27.3. The Labute approximate surface area is 189 Å². The highest BCUT2D eigenvalue weighted by Crippen LogP contribution is 2.33. The van der Waals surface area contributed by atoms with Crippen LogP contribution in [0.25, 0.3) is 11.1 Å². The van der Waals surface area contributed by atoms with Gasteiger partial charge in [0.05, 0.1) is 7.11 Å². The van der Waals surface area contributed by atoms with Gasteiger partial charge in [0.15, 0.2) is 11.5 Å². The largest absolute Gasteiger partial charge is 0.493 e. The number of methoxy groups -OCH3 is 1. The van der Waals surface area contributed by atoms with Crippen molar-refractivity contribution >= 4 is 5.97 Å². The minimum Gasteiger partial charge on any atom is -0.493 e. The quantitative estimate of drug-likeness (QED) is 0.138. The van der Waals surface area contributed by atoms with Crippen LogP contribution in [-0.4, -0.2) is 39.5 Å². The predicted molar refractivity (Wildman–Crippen MR) is 125 cm³/mol. The van der Waals surface area contributed by atoms with Crippen molar-refractivity contribution in [2.45, 2.75) is 13.8 Å². The summed E-state index contributed by atoms with van der Waals surface area (Å²) in [4.78, 5) is 11.4. The molecule has 0 fully saturated rings. The molecular formula is C26H30O6. The van der Waals surface area contributed by atoms with E-state index in [1.807, 2.05) is 49.4 Å². The van der Waals surface area contributed by atoms with Crippen molar-refractivity contribution in [3.8, 4) is 28.4 Å². The summed E-state index contributed by atoms with van der Waals surface area (Å²) in [7, 11) is 1.58. The van der Waals surface area contributed by atoms with Crippen molar-refractivity contribution < 1.29 is 28.5 Å². The summed E-state index contributed by atoms with van der Waals surface area (Å²) >= 11 is 0. The molecule has 0 aliphatic rings. The van der Waals surface area contributed by atoms with Gasteiger partial charge in [0.1, 0.15) is 37.9 Å². The standard InChI is InChI=1S/C26H30O6/c1-18(2)20(5)29-13-14-30-23-10-7-21(8-11-23)22-9-12-24(25(17-22)28-6)31-15-16-32-26(27)19(3)4/h7-12,17H,1,3,5,13-16H2,2,4,6H3. The van der Waals surface area contributed by atoms with Crippen molar-refractivity contribution in [2.24, 2.45) is 0 Å². The van der Waals surface area contributed by atoms with Crippen molar-refractivity contribution in [1.29, 1.82) is 0 Å². The lowest BCUT2D eigenvalue weighted by atomic mass is 10.1. The monoisotopic (exact) mass is 438 g/mol. The summed E-state index contributed by atoms with van der Waals surface area (Å²) in [6, 6.07) is 13.4. The third kappa shape index (κ3) is 7.54. The first-order valence-corrected chi connectivity index (χ1v) is 10.2. The molecule has 0 bridgehead atoms. The fourth-order valence-corrected chi connectivity index (χ4v) is 2.57. The van der Waals surface area contributed by atoms with E-state index in [0.29, 0.717) is 36.0 Å². The van der Waals surface area contributed by atoms with Gasteiger partial charge in [-0.2, -0.15) is 0 Å². The molecule has 0 heterocycles. The maximum atomic E-state index is 11.4. The smallest absolute Gasteiger partial charge is 0.333 e. The number of carbonyl (C=O) groups excluding carboxylic acids is 1. The van der Waals surface area contributed by atoms with E-state index in [4.69, 9.17) is 23.7 Å². The molecule has 0 aromatic heterocycles. The van der Waals surface area contributed by atoms with E-state index in [0.717, 1.165) is 22.4 Å². The zero-order valence-corrected chi connectivity index (χ0v) is 18.9. The first-order chi connectivity index (χ1) is 15.3. The number of ether oxygens (including phenoxy) is 5. The number of benzene rings is 2. The zero-order valence-electron chi connectivity index (χ0n) is 18.9. The first-order valence-electron chi connectivity index (χ1n) is 10.2. The van der Waals surface area contributed by atoms with Crippen LogP contribution in [0.3, 0.4) is 0 Å². The summed E-state index contributed by atoms with van der Waals surface area (Å²) in [5.74, 6) is 2.03. The molecule has 0 saturated carbocycles. The van der Waals surface area contributed by atoms with Gasteiger partial charge in [0, 0.05) is 5.57 Å². The fraction of sp³-hybridized carbons (Fsp3) is 0.269. The molecule has 2 aromatic carbocycles. The molecule has 170 valence electrons. The van der Waals surface area contributed by atoms with Crippen molar-refractivity contribution in [3.63, 3.8) is 0 Å². The molecule has 0 amide bonds. The summed E-state index contributed by atoms with van der Waals surface area (Å²) in [5, 5.41) is 0. The SMILES string of the molecule is C=C(C)C(=C)OCCOc1ccc(-c2ccc(OCCOC(=O)C(=C)C)c(OC)c2)cc1. The van der Waals surface area contributed by atoms with Gasteiger partial charge >= 0.3 is 5.97 Å². The highest BCUT2D eigenvalue weighted by Gasteiger charge is 2.09. The van der Waals surface area contributed by atoms with Crippen LogP contribution in [0.5, 0.6) is 17.2 Å². The number of hydrogen-bond donors (Lipinski definition) is 0. The van der Waals surface area contributed by atoms with Crippen LogP contribution in [-0.2, 0) is 14.3 Å². The lowest BCUT2D eigenvalue weighted by Gasteiger charge is -2.13. The van der Waals surface area contributed by atoms with E-state index in [1.165, 1.54) is 0 Å². The summed E-state index contributed by atoms with van der Waals surface area (Å²) in [6.07, 6.45) is 0. The Morgan fingerprint density at radius 3 is 2.00 bits per heavy atom. The summed E-state index contributed by atoms with van der Waals surface area (Å²) in [6.45, 7) is 15.7. The van der Waals surface area contributed by atoms with Gasteiger partial charge in [-0.15, -0.1) is 0 Å². The average molecular weight is 439 g/mol. The van der Waals surface area contributed by atoms with Gasteiger partial charge in [-0.1, -0.05) is 37.9 Å². The Morgan fingerprint density at radius 2 is 1.38 bits per heavy atom. The average Bonchev–Trinajstić information content (AvgIpc) is 2.79. The van der Waals surface area contributed by atoms with E-state index in [-0.39, 0.29) is 13.2 Å². The Kier molecular flexibility index (Phi) is 9.42. The molecule has 0 N–H and O–H groups in total. The molecule has 2 aromatic rings. The molecule has 0 unspecified atom stereocenters. The van der Waals surface area contributed by atoms with E-state index in [2.05, 4.69) is 19.7 Å². The van der Waals surface area contributed by atoms with E-state index in [9.17, 15) is 4.79 Å². The van der Waals surface area contributed by atoms with Gasteiger partial charge in [-0.25, -0.2) is 4.79 Å². The molecule has 0 spiro atoms. The van der Waals surface area contributed by atoms with Gasteiger partial charge in [0.2, 0.25) is 0 Å². The Balaban J connectivity index is 1.91. The second kappa shape index (κ2) is 12.2. The summed E-state index contributed by atoms with van der Waals surface area (Å²) in [5.41, 5.74) is 3.12. The number of allylic oxidation sites excluding steroid dienone is 1. The molecule has 0 atom stereocenters. The Morgan fingerprint density at radius 1 is 0.750 bits per heavy atom. The molecule has 0 aliphatic carbocycles. The van der Waals surface area contributed by atoms with Gasteiger partial charge in [-0.3, -0.25) is 0 Å². The maximum absolute atomic E-state index is 11.4. The highest BCUT2D eigenvalue weighted by atomic mass is 16.6. The van der Waals surface area contributed by atoms with Crippen molar-refractivity contribution in [2.75, 3.05) is 33.5 Å². The van der Waals surface area contributed by atoms with Gasteiger partial charge < -0.3 is 23.7 Å². The Bertz CT molecular complexity index is 959. The molecule has 0 aliphatic heterocycles. The topological polar surface area (TPSA) is 63.2 Å². The normalized spacial score (nSPS) is 10.1. The third-order valence-electron chi connectivity index (χ3n) is 4.38. The number of esters is 1. The zero-order chi connectivity index (χ0) is 23.5. The number of hydrogen-bond acceptors (Lipinski definition) is 6. The maximum Gasteiger partial charge on any atom is 0.333 e. The lowest BCUT2D eigenvalue weighted by Crippen LogP contribution is -2.12. The molecular weight excluding hydrogens is 408 g/mol. The fourth-order valence-electron chi connectivity index (χ4n) is 2.57. The third-order valence-corrected chi connectivity index (χ3v) is 4.38. The van der Waals surface area contributed by atoms with Crippen LogP contribution < -0.4 is 14.2 Å². The van der Waals surface area contributed by atoms with E-state index < -0.39 is 5.97 Å². The van der Waals surface area contributed by atoms with Crippen LogP contribution in [0, 0.1) is 0 Å². The predicted octanol–water partition coefficient (Wildman–Crippen LogP) is 5.35. The molecule has 2 rings (SSSR count). The Hall–Kier alpha value is -3.67. The number of carbonyl (C=O) groups is 1. The van der Waals surface area contributed by atoms with Crippen LogP contribution in [0.4, 0.5) is 0 Å². The van der Waals surface area contributed by atoms with Crippen LogP contribution in [0.1, 0.15) is 13.8 Å².